The highest BCUT2D eigenvalue weighted by Crippen LogP contribution is 2.28. The maximum absolute atomic E-state index is 13.4. The highest BCUT2D eigenvalue weighted by Gasteiger charge is 2.34. The van der Waals surface area contributed by atoms with Crippen molar-refractivity contribution in [2.45, 2.75) is 0 Å². The number of benzene rings is 4. The predicted octanol–water partition coefficient (Wildman–Crippen LogP) is 5.99. The lowest BCUT2D eigenvalue weighted by atomic mass is 10.0. The first-order chi connectivity index (χ1) is 18.0. The van der Waals surface area contributed by atoms with Gasteiger partial charge in [0.05, 0.1) is 12.8 Å². The number of thiocarbonyl (C=S) groups is 1. The van der Waals surface area contributed by atoms with E-state index in [1.54, 1.807) is 37.5 Å². The molecule has 1 fully saturated rings. The van der Waals surface area contributed by atoms with Gasteiger partial charge in [-0.25, -0.2) is 0 Å². The minimum atomic E-state index is -0.537. The molecule has 6 nitrogen and oxygen atoms in total. The van der Waals surface area contributed by atoms with Gasteiger partial charge in [-0.3, -0.25) is 19.8 Å². The summed E-state index contributed by atoms with van der Waals surface area (Å²) in [6.07, 6.45) is 1.58. The van der Waals surface area contributed by atoms with Crippen LogP contribution in [0.25, 0.3) is 17.2 Å². The van der Waals surface area contributed by atoms with Gasteiger partial charge < -0.3 is 9.47 Å². The zero-order valence-corrected chi connectivity index (χ0v) is 20.7. The summed E-state index contributed by atoms with van der Waals surface area (Å²) in [5.41, 5.74) is 3.16. The van der Waals surface area contributed by atoms with Gasteiger partial charge in [0.15, 0.2) is 5.11 Å². The number of methoxy groups -OCH3 is 1. The average Bonchev–Trinajstić information content (AvgIpc) is 2.93. The smallest absolute Gasteiger partial charge is 0.270 e. The first-order valence-corrected chi connectivity index (χ1v) is 11.9. The minimum absolute atomic E-state index is 0.00917. The van der Waals surface area contributed by atoms with E-state index in [1.165, 1.54) is 4.90 Å². The summed E-state index contributed by atoms with van der Waals surface area (Å²) < 4.78 is 11.1. The van der Waals surface area contributed by atoms with Gasteiger partial charge in [-0.2, -0.15) is 0 Å². The highest BCUT2D eigenvalue weighted by atomic mass is 32.1. The Bertz CT molecular complexity index is 1500. The maximum Gasteiger partial charge on any atom is 0.270 e. The Kier molecular flexibility index (Phi) is 6.78. The first-order valence-electron chi connectivity index (χ1n) is 11.5. The van der Waals surface area contributed by atoms with Crippen molar-refractivity contribution in [3.05, 3.63) is 114 Å². The first kappa shape index (κ1) is 24.0. The van der Waals surface area contributed by atoms with Crippen LogP contribution in [0.3, 0.4) is 0 Å². The van der Waals surface area contributed by atoms with Crippen LogP contribution in [0, 0.1) is 0 Å². The molecule has 0 unspecified atom stereocenters. The number of rotatable bonds is 6. The Morgan fingerprint density at radius 1 is 0.757 bits per heavy atom. The molecule has 0 aromatic heterocycles. The Balaban J connectivity index is 1.40. The van der Waals surface area contributed by atoms with E-state index in [0.29, 0.717) is 22.7 Å². The molecule has 182 valence electrons. The third kappa shape index (κ3) is 5.27. The molecule has 0 bridgehead atoms. The molecule has 7 heteroatoms. The van der Waals surface area contributed by atoms with Gasteiger partial charge in [-0.15, -0.1) is 0 Å². The van der Waals surface area contributed by atoms with Gasteiger partial charge in [0.1, 0.15) is 22.8 Å². The maximum atomic E-state index is 13.4. The zero-order valence-electron chi connectivity index (χ0n) is 19.9. The predicted molar refractivity (Wildman–Crippen MR) is 148 cm³/mol. The van der Waals surface area contributed by atoms with Crippen molar-refractivity contribution in [3.8, 4) is 28.4 Å². The van der Waals surface area contributed by atoms with Crippen LogP contribution in [0.4, 0.5) is 5.69 Å². The fourth-order valence-electron chi connectivity index (χ4n) is 3.94. The van der Waals surface area contributed by atoms with Crippen molar-refractivity contribution in [1.29, 1.82) is 0 Å². The molecule has 5 rings (SSSR count). The second-order valence-electron chi connectivity index (χ2n) is 8.22. The van der Waals surface area contributed by atoms with Gasteiger partial charge in [0.2, 0.25) is 0 Å². The largest absolute Gasteiger partial charge is 0.497 e. The standard InChI is InChI=1S/C30H22N2O4S/c1-35-24-14-10-21(11-15-24)22-7-5-6-20(18-22)19-27-28(33)31-30(37)32(29(27)34)23-12-16-26(17-13-23)36-25-8-3-2-4-9-25/h2-19H,1H3,(H,31,33,37). The minimum Gasteiger partial charge on any atom is -0.497 e. The van der Waals surface area contributed by atoms with Crippen molar-refractivity contribution < 1.29 is 19.1 Å². The monoisotopic (exact) mass is 506 g/mol. The van der Waals surface area contributed by atoms with Crippen molar-refractivity contribution in [3.63, 3.8) is 0 Å². The van der Waals surface area contributed by atoms with Crippen LogP contribution in [0.2, 0.25) is 0 Å². The number of carbonyl (C=O) groups is 2. The lowest BCUT2D eigenvalue weighted by molar-refractivity contribution is -0.122. The molecule has 0 atom stereocenters. The van der Waals surface area contributed by atoms with Crippen LogP contribution in [-0.4, -0.2) is 24.0 Å². The van der Waals surface area contributed by atoms with Crippen molar-refractivity contribution >= 4 is 40.9 Å². The molecule has 1 N–H and O–H groups in total. The Morgan fingerprint density at radius 2 is 1.43 bits per heavy atom. The van der Waals surface area contributed by atoms with Gasteiger partial charge in [-0.05, 0) is 89.6 Å². The lowest BCUT2D eigenvalue weighted by Crippen LogP contribution is -2.54. The Morgan fingerprint density at radius 3 is 2.14 bits per heavy atom. The highest BCUT2D eigenvalue weighted by molar-refractivity contribution is 7.80. The Hall–Kier alpha value is -4.75. The zero-order chi connectivity index (χ0) is 25.8. The molecule has 1 aliphatic heterocycles. The number of nitrogens with one attached hydrogen (secondary N) is 1. The summed E-state index contributed by atoms with van der Waals surface area (Å²) >= 11 is 5.33. The second kappa shape index (κ2) is 10.5. The Labute approximate surface area is 219 Å². The molecular weight excluding hydrogens is 484 g/mol. The molecule has 1 saturated heterocycles. The molecule has 1 aliphatic rings. The van der Waals surface area contributed by atoms with E-state index >= 15 is 0 Å². The van der Waals surface area contributed by atoms with Gasteiger partial charge in [0, 0.05) is 0 Å². The normalized spacial score (nSPS) is 14.5. The van der Waals surface area contributed by atoms with E-state index in [-0.39, 0.29) is 10.7 Å². The number of para-hydroxylation sites is 1. The third-order valence-electron chi connectivity index (χ3n) is 5.80. The number of nitrogens with zero attached hydrogens (tertiary/aromatic N) is 1. The molecule has 4 aromatic rings. The van der Waals surface area contributed by atoms with Gasteiger partial charge in [-0.1, -0.05) is 48.5 Å². The van der Waals surface area contributed by atoms with Crippen LogP contribution in [0.15, 0.2) is 109 Å². The van der Waals surface area contributed by atoms with Crippen LogP contribution in [0.5, 0.6) is 17.2 Å². The van der Waals surface area contributed by atoms with E-state index in [1.807, 2.05) is 78.9 Å². The van der Waals surface area contributed by atoms with Crippen molar-refractivity contribution in [1.82, 2.24) is 5.32 Å². The fraction of sp³-hybridized carbons (Fsp3) is 0.0333. The molecule has 0 saturated carbocycles. The van der Waals surface area contributed by atoms with Crippen molar-refractivity contribution in [2.24, 2.45) is 0 Å². The van der Waals surface area contributed by atoms with Crippen LogP contribution >= 0.6 is 12.2 Å². The second-order valence-corrected chi connectivity index (χ2v) is 8.61. The summed E-state index contributed by atoms with van der Waals surface area (Å²) in [5, 5.41) is 2.65. The van der Waals surface area contributed by atoms with E-state index < -0.39 is 11.8 Å². The average molecular weight is 507 g/mol. The lowest BCUT2D eigenvalue weighted by Gasteiger charge is -2.29. The SMILES string of the molecule is COc1ccc(-c2cccc(C=C3C(=O)NC(=S)N(c4ccc(Oc5ccccc5)cc4)C3=O)c2)cc1. The van der Waals surface area contributed by atoms with E-state index in [0.717, 1.165) is 16.9 Å². The van der Waals surface area contributed by atoms with Crippen LogP contribution < -0.4 is 19.7 Å². The molecule has 37 heavy (non-hydrogen) atoms. The topological polar surface area (TPSA) is 67.9 Å². The summed E-state index contributed by atoms with van der Waals surface area (Å²) in [6, 6.07) is 31.6. The number of carbonyl (C=O) groups excluding carboxylic acids is 2. The molecule has 1 heterocycles. The summed E-state index contributed by atoms with van der Waals surface area (Å²) in [6.45, 7) is 0. The quantitative estimate of drug-likeness (QED) is 0.198. The molecule has 0 aliphatic carbocycles. The van der Waals surface area contributed by atoms with E-state index in [9.17, 15) is 9.59 Å². The summed E-state index contributed by atoms with van der Waals surface area (Å²) in [7, 11) is 1.62. The molecule has 0 spiro atoms. The fourth-order valence-corrected chi connectivity index (χ4v) is 4.22. The van der Waals surface area contributed by atoms with Gasteiger partial charge >= 0.3 is 0 Å². The number of ether oxygens (including phenoxy) is 2. The number of hydrogen-bond donors (Lipinski definition) is 1. The van der Waals surface area contributed by atoms with Crippen LogP contribution in [-0.2, 0) is 9.59 Å². The van der Waals surface area contributed by atoms with Gasteiger partial charge in [0.25, 0.3) is 11.8 Å². The van der Waals surface area contributed by atoms with E-state index in [4.69, 9.17) is 21.7 Å². The molecule has 2 amide bonds. The summed E-state index contributed by atoms with van der Waals surface area (Å²) in [4.78, 5) is 27.5. The van der Waals surface area contributed by atoms with Crippen LogP contribution in [0.1, 0.15) is 5.56 Å². The number of amides is 2. The number of hydrogen-bond acceptors (Lipinski definition) is 5. The molecule has 4 aromatic carbocycles. The number of anilines is 1. The van der Waals surface area contributed by atoms with Crippen molar-refractivity contribution in [2.75, 3.05) is 12.0 Å². The summed E-state index contributed by atoms with van der Waals surface area (Å²) in [5.74, 6) is 1.04. The van der Waals surface area contributed by atoms with E-state index in [2.05, 4.69) is 5.32 Å². The molecular formula is C30H22N2O4S. The third-order valence-corrected chi connectivity index (χ3v) is 6.08. The molecule has 0 radical (unpaired) electrons.